The number of carbonyl (C=O) groups is 1. The van der Waals surface area contributed by atoms with Gasteiger partial charge in [-0.25, -0.2) is 9.97 Å². The van der Waals surface area contributed by atoms with Gasteiger partial charge in [-0.15, -0.1) is 0 Å². The summed E-state index contributed by atoms with van der Waals surface area (Å²) in [7, 11) is 0. The third-order valence-electron chi connectivity index (χ3n) is 2.91. The molecule has 1 atom stereocenters. The normalized spacial score (nSPS) is 24.7. The second-order valence-electron chi connectivity index (χ2n) is 4.38. The highest BCUT2D eigenvalue weighted by Crippen LogP contribution is 2.21. The number of ether oxygens (including phenoxy) is 1. The Balaban J connectivity index is 2.20. The molecule has 0 saturated carbocycles. The fourth-order valence-electron chi connectivity index (χ4n) is 1.83. The Hall–Kier alpha value is -1.69. The molecule has 1 fully saturated rings. The Bertz CT molecular complexity index is 437. The summed E-state index contributed by atoms with van der Waals surface area (Å²) in [4.78, 5) is 21.6. The van der Waals surface area contributed by atoms with E-state index in [1.165, 1.54) is 6.33 Å². The summed E-state index contributed by atoms with van der Waals surface area (Å²) in [5.74, 6) is 0.348. The van der Waals surface area contributed by atoms with Crippen LogP contribution in [0.5, 0.6) is 0 Å². The molecule has 6 heteroatoms. The van der Waals surface area contributed by atoms with Crippen molar-refractivity contribution in [3.63, 3.8) is 0 Å². The maximum Gasteiger partial charge on any atom is 0.251 e. The molecule has 2 rings (SSSR count). The average Bonchev–Trinajstić information content (AvgIpc) is 2.29. The summed E-state index contributed by atoms with van der Waals surface area (Å²) in [6.07, 6.45) is 1.52. The van der Waals surface area contributed by atoms with Crippen LogP contribution in [0.1, 0.15) is 12.6 Å². The van der Waals surface area contributed by atoms with E-state index in [1.54, 1.807) is 6.92 Å². The molecule has 0 unspecified atom stereocenters. The Morgan fingerprint density at radius 3 is 3.00 bits per heavy atom. The predicted octanol–water partition coefficient (Wildman–Crippen LogP) is -0.134. The topological polar surface area (TPSA) is 81.3 Å². The van der Waals surface area contributed by atoms with Crippen molar-refractivity contribution in [1.82, 2.24) is 9.97 Å². The van der Waals surface area contributed by atoms with Crippen molar-refractivity contribution < 1.29 is 9.53 Å². The third kappa shape index (κ3) is 2.36. The standard InChI is InChI=1S/C11H16N4O2/c1-8-5-9(14-7-13-8)15-3-4-17-11(2,6-15)10(12)16/h5,7H,3-4,6H2,1-2H3,(H2,12,16)/t11-/m1/s1. The van der Waals surface area contributed by atoms with E-state index in [0.29, 0.717) is 19.7 Å². The van der Waals surface area contributed by atoms with Gasteiger partial charge in [0.25, 0.3) is 5.91 Å². The lowest BCUT2D eigenvalue weighted by atomic mass is 10.0. The summed E-state index contributed by atoms with van der Waals surface area (Å²) in [6.45, 7) is 5.18. The van der Waals surface area contributed by atoms with Crippen LogP contribution in [0.25, 0.3) is 0 Å². The summed E-state index contributed by atoms with van der Waals surface area (Å²) >= 11 is 0. The van der Waals surface area contributed by atoms with Crippen LogP contribution >= 0.6 is 0 Å². The van der Waals surface area contributed by atoms with Crippen LogP contribution < -0.4 is 10.6 Å². The fraction of sp³-hybridized carbons (Fsp3) is 0.545. The van der Waals surface area contributed by atoms with Crippen molar-refractivity contribution in [2.24, 2.45) is 5.73 Å². The van der Waals surface area contributed by atoms with Crippen molar-refractivity contribution in [2.45, 2.75) is 19.4 Å². The molecule has 2 heterocycles. The van der Waals surface area contributed by atoms with Crippen molar-refractivity contribution >= 4 is 11.7 Å². The summed E-state index contributed by atoms with van der Waals surface area (Å²) in [5, 5.41) is 0. The zero-order valence-corrected chi connectivity index (χ0v) is 10.0. The van der Waals surface area contributed by atoms with Gasteiger partial charge in [-0.2, -0.15) is 0 Å². The van der Waals surface area contributed by atoms with Gasteiger partial charge in [-0.3, -0.25) is 4.79 Å². The van der Waals surface area contributed by atoms with Gasteiger partial charge in [-0.05, 0) is 13.8 Å². The summed E-state index contributed by atoms with van der Waals surface area (Å²) in [6, 6.07) is 1.88. The van der Waals surface area contributed by atoms with Gasteiger partial charge in [-0.1, -0.05) is 0 Å². The molecule has 6 nitrogen and oxygen atoms in total. The lowest BCUT2D eigenvalue weighted by Crippen LogP contribution is -2.57. The minimum atomic E-state index is -0.947. The molecular formula is C11H16N4O2. The summed E-state index contributed by atoms with van der Waals surface area (Å²) in [5.41, 5.74) is 5.29. The lowest BCUT2D eigenvalue weighted by Gasteiger charge is -2.38. The van der Waals surface area contributed by atoms with Crippen LogP contribution in [0, 0.1) is 6.92 Å². The largest absolute Gasteiger partial charge is 0.367 e. The minimum absolute atomic E-state index is 0.415. The first-order chi connectivity index (χ1) is 8.01. The number of aromatic nitrogens is 2. The van der Waals surface area contributed by atoms with Gasteiger partial charge < -0.3 is 15.4 Å². The second kappa shape index (κ2) is 4.29. The van der Waals surface area contributed by atoms with Crippen LogP contribution in [-0.2, 0) is 9.53 Å². The van der Waals surface area contributed by atoms with Crippen molar-refractivity contribution in [3.05, 3.63) is 18.1 Å². The van der Waals surface area contributed by atoms with E-state index in [9.17, 15) is 4.79 Å². The van der Waals surface area contributed by atoms with Gasteiger partial charge in [0.05, 0.1) is 13.2 Å². The number of aryl methyl sites for hydroxylation is 1. The second-order valence-corrected chi connectivity index (χ2v) is 4.38. The van der Waals surface area contributed by atoms with Crippen LogP contribution in [-0.4, -0.2) is 41.2 Å². The highest BCUT2D eigenvalue weighted by atomic mass is 16.5. The first-order valence-corrected chi connectivity index (χ1v) is 5.49. The number of rotatable bonds is 2. The monoisotopic (exact) mass is 236 g/mol. The molecule has 1 aliphatic heterocycles. The molecule has 0 aliphatic carbocycles. The Kier molecular flexibility index (Phi) is 2.97. The quantitative estimate of drug-likeness (QED) is 0.773. The highest BCUT2D eigenvalue weighted by Gasteiger charge is 2.38. The molecule has 1 saturated heterocycles. The van der Waals surface area contributed by atoms with Gasteiger partial charge in [0, 0.05) is 18.3 Å². The Morgan fingerprint density at radius 2 is 2.35 bits per heavy atom. The number of primary amides is 1. The molecule has 1 aromatic rings. The Morgan fingerprint density at radius 1 is 1.59 bits per heavy atom. The van der Waals surface area contributed by atoms with Crippen molar-refractivity contribution in [2.75, 3.05) is 24.6 Å². The number of hydrogen-bond acceptors (Lipinski definition) is 5. The lowest BCUT2D eigenvalue weighted by molar-refractivity contribution is -0.142. The van der Waals surface area contributed by atoms with E-state index in [-0.39, 0.29) is 0 Å². The van der Waals surface area contributed by atoms with Gasteiger partial charge in [0.15, 0.2) is 5.60 Å². The van der Waals surface area contributed by atoms with Crippen LogP contribution in [0.2, 0.25) is 0 Å². The molecule has 92 valence electrons. The molecular weight excluding hydrogens is 220 g/mol. The zero-order valence-electron chi connectivity index (χ0n) is 10.0. The van der Waals surface area contributed by atoms with Crippen molar-refractivity contribution in [3.8, 4) is 0 Å². The Labute approximate surface area is 99.8 Å². The molecule has 1 aromatic heterocycles. The third-order valence-corrected chi connectivity index (χ3v) is 2.91. The number of morpholine rings is 1. The van der Waals surface area contributed by atoms with E-state index in [4.69, 9.17) is 10.5 Å². The van der Waals surface area contributed by atoms with E-state index in [2.05, 4.69) is 9.97 Å². The SMILES string of the molecule is Cc1cc(N2CCO[C@@](C)(C(N)=O)C2)ncn1. The van der Waals surface area contributed by atoms with E-state index >= 15 is 0 Å². The maximum atomic E-state index is 11.4. The molecule has 1 aliphatic rings. The average molecular weight is 236 g/mol. The van der Waals surface area contributed by atoms with E-state index in [1.807, 2.05) is 17.9 Å². The van der Waals surface area contributed by atoms with Crippen LogP contribution in [0.4, 0.5) is 5.82 Å². The number of amides is 1. The van der Waals surface area contributed by atoms with Gasteiger partial charge in [0.2, 0.25) is 0 Å². The van der Waals surface area contributed by atoms with E-state index < -0.39 is 11.5 Å². The first kappa shape index (κ1) is 11.8. The summed E-state index contributed by atoms with van der Waals surface area (Å²) < 4.78 is 5.45. The first-order valence-electron chi connectivity index (χ1n) is 5.49. The van der Waals surface area contributed by atoms with Crippen molar-refractivity contribution in [1.29, 1.82) is 0 Å². The maximum absolute atomic E-state index is 11.4. The number of carbonyl (C=O) groups excluding carboxylic acids is 1. The zero-order chi connectivity index (χ0) is 12.5. The molecule has 0 spiro atoms. The molecule has 2 N–H and O–H groups in total. The smallest absolute Gasteiger partial charge is 0.251 e. The minimum Gasteiger partial charge on any atom is -0.367 e. The van der Waals surface area contributed by atoms with Crippen LogP contribution in [0.3, 0.4) is 0 Å². The van der Waals surface area contributed by atoms with Gasteiger partial charge in [0.1, 0.15) is 12.1 Å². The number of nitrogens with zero attached hydrogens (tertiary/aromatic N) is 3. The molecule has 0 bridgehead atoms. The number of nitrogens with two attached hydrogens (primary N) is 1. The van der Waals surface area contributed by atoms with E-state index in [0.717, 1.165) is 11.5 Å². The van der Waals surface area contributed by atoms with Crippen LogP contribution in [0.15, 0.2) is 12.4 Å². The fourth-order valence-corrected chi connectivity index (χ4v) is 1.83. The molecule has 1 amide bonds. The predicted molar refractivity (Wildman–Crippen MR) is 62.5 cm³/mol. The van der Waals surface area contributed by atoms with Gasteiger partial charge >= 0.3 is 0 Å². The molecule has 17 heavy (non-hydrogen) atoms. The number of anilines is 1. The molecule has 0 radical (unpaired) electrons. The molecule has 0 aromatic carbocycles. The highest BCUT2D eigenvalue weighted by molar-refractivity contribution is 5.84. The number of hydrogen-bond donors (Lipinski definition) is 1.